The second kappa shape index (κ2) is 6.02. The minimum Gasteiger partial charge on any atom is -0.292 e. The summed E-state index contributed by atoms with van der Waals surface area (Å²) in [5.41, 5.74) is -0.895. The van der Waals surface area contributed by atoms with Crippen LogP contribution >= 0.6 is 23.2 Å². The molecule has 0 saturated carbocycles. The van der Waals surface area contributed by atoms with E-state index < -0.39 is 16.4 Å². The number of Topliss-reactive ketones (excluding diaryl/α,β-unsaturated/α-hetero) is 1. The minimum atomic E-state index is -0.756. The Morgan fingerprint density at radius 3 is 2.67 bits per heavy atom. The summed E-state index contributed by atoms with van der Waals surface area (Å²) in [6.45, 7) is -0.383. The van der Waals surface area contributed by atoms with E-state index in [1.165, 1.54) is 18.2 Å². The lowest BCUT2D eigenvalue weighted by molar-refractivity contribution is -0.385. The Balaban J connectivity index is 2.31. The summed E-state index contributed by atoms with van der Waals surface area (Å²) in [5.74, 6) is -0.446. The van der Waals surface area contributed by atoms with E-state index in [0.717, 1.165) is 17.0 Å². The Bertz CT molecular complexity index is 788. The van der Waals surface area contributed by atoms with Gasteiger partial charge in [0.2, 0.25) is 0 Å². The van der Waals surface area contributed by atoms with Crippen molar-refractivity contribution < 1.29 is 9.72 Å². The molecule has 0 N–H and O–H groups in total. The van der Waals surface area contributed by atoms with Gasteiger partial charge >= 0.3 is 11.4 Å². The number of ketones is 1. The van der Waals surface area contributed by atoms with Gasteiger partial charge in [0, 0.05) is 5.56 Å². The normalized spacial score (nSPS) is 10.4. The molecule has 0 aliphatic carbocycles. The van der Waals surface area contributed by atoms with Crippen molar-refractivity contribution in [1.29, 1.82) is 0 Å². The van der Waals surface area contributed by atoms with Crippen LogP contribution in [0.4, 0.5) is 5.69 Å². The van der Waals surface area contributed by atoms with Crippen molar-refractivity contribution in [1.82, 2.24) is 9.55 Å². The quantitative estimate of drug-likeness (QED) is 0.488. The lowest BCUT2D eigenvalue weighted by Gasteiger charge is -2.05. The zero-order valence-electron chi connectivity index (χ0n) is 10.3. The first-order chi connectivity index (χ1) is 9.88. The maximum Gasteiger partial charge on any atom is 0.348 e. The maximum atomic E-state index is 12.1. The second-order valence-corrected chi connectivity index (χ2v) is 4.85. The number of nitrogens with zero attached hydrogens (tertiary/aromatic N) is 3. The summed E-state index contributed by atoms with van der Waals surface area (Å²) in [6.07, 6.45) is 1.80. The van der Waals surface area contributed by atoms with Gasteiger partial charge in [-0.05, 0) is 18.2 Å². The van der Waals surface area contributed by atoms with Gasteiger partial charge in [0.1, 0.15) is 6.20 Å². The zero-order chi connectivity index (χ0) is 15.6. The maximum absolute atomic E-state index is 12.1. The summed E-state index contributed by atoms with van der Waals surface area (Å²) < 4.78 is 0.864. The minimum absolute atomic E-state index is 0.201. The van der Waals surface area contributed by atoms with Crippen LogP contribution < -0.4 is 5.69 Å². The van der Waals surface area contributed by atoms with Crippen molar-refractivity contribution in [3.8, 4) is 0 Å². The Morgan fingerprint density at radius 2 is 2.05 bits per heavy atom. The number of halogens is 2. The molecule has 0 atom stereocenters. The predicted molar refractivity (Wildman–Crippen MR) is 75.9 cm³/mol. The van der Waals surface area contributed by atoms with Crippen LogP contribution in [0, 0.1) is 10.1 Å². The van der Waals surface area contributed by atoms with Crippen LogP contribution in [0.25, 0.3) is 0 Å². The summed E-state index contributed by atoms with van der Waals surface area (Å²) in [7, 11) is 0. The molecule has 0 unspecified atom stereocenters. The van der Waals surface area contributed by atoms with Crippen molar-refractivity contribution in [2.75, 3.05) is 0 Å². The molecule has 1 aromatic heterocycles. The lowest BCUT2D eigenvalue weighted by atomic mass is 10.1. The highest BCUT2D eigenvalue weighted by Gasteiger charge is 2.13. The molecule has 2 rings (SSSR count). The summed E-state index contributed by atoms with van der Waals surface area (Å²) >= 11 is 11.5. The standard InChI is InChI=1S/C12H7Cl2N3O4/c13-9-2-1-7(3-10(9)14)11(18)6-16-5-8(17(20)21)4-15-12(16)19/h1-5H,6H2. The molecule has 0 fully saturated rings. The van der Waals surface area contributed by atoms with E-state index in [1.807, 2.05) is 0 Å². The van der Waals surface area contributed by atoms with Crippen LogP contribution in [0.3, 0.4) is 0 Å². The smallest absolute Gasteiger partial charge is 0.292 e. The van der Waals surface area contributed by atoms with Crippen molar-refractivity contribution in [3.05, 3.63) is 66.8 Å². The molecule has 1 aromatic carbocycles. The Hall–Kier alpha value is -2.25. The van der Waals surface area contributed by atoms with E-state index in [0.29, 0.717) is 5.02 Å². The number of carbonyl (C=O) groups is 1. The van der Waals surface area contributed by atoms with Gasteiger partial charge in [-0.3, -0.25) is 19.5 Å². The van der Waals surface area contributed by atoms with Crippen LogP contribution in [0.2, 0.25) is 10.0 Å². The van der Waals surface area contributed by atoms with Crippen LogP contribution in [0.15, 0.2) is 35.4 Å². The number of aromatic nitrogens is 2. The largest absolute Gasteiger partial charge is 0.348 e. The SMILES string of the molecule is O=C(Cn1cc([N+](=O)[O-])cnc1=O)c1ccc(Cl)c(Cl)c1. The average molecular weight is 328 g/mol. The molecule has 0 radical (unpaired) electrons. The Labute approximate surface area is 127 Å². The number of hydrogen-bond acceptors (Lipinski definition) is 5. The highest BCUT2D eigenvalue weighted by atomic mass is 35.5. The summed E-state index contributed by atoms with van der Waals surface area (Å²) in [4.78, 5) is 36.8. The number of hydrogen-bond donors (Lipinski definition) is 0. The Morgan fingerprint density at radius 1 is 1.33 bits per heavy atom. The monoisotopic (exact) mass is 327 g/mol. The predicted octanol–water partition coefficient (Wildman–Crippen LogP) is 2.34. The van der Waals surface area contributed by atoms with Crippen molar-refractivity contribution in [3.63, 3.8) is 0 Å². The fourth-order valence-corrected chi connectivity index (χ4v) is 1.86. The number of carbonyl (C=O) groups excluding carboxylic acids is 1. The first-order valence-electron chi connectivity index (χ1n) is 5.57. The summed E-state index contributed by atoms with van der Waals surface area (Å²) in [5, 5.41) is 11.1. The van der Waals surface area contributed by atoms with Gasteiger partial charge in [0.15, 0.2) is 5.78 Å². The van der Waals surface area contributed by atoms with Gasteiger partial charge < -0.3 is 0 Å². The molecule has 108 valence electrons. The van der Waals surface area contributed by atoms with Crippen LogP contribution in [-0.2, 0) is 6.54 Å². The van der Waals surface area contributed by atoms with Crippen LogP contribution in [0.5, 0.6) is 0 Å². The molecule has 2 aromatic rings. The highest BCUT2D eigenvalue weighted by Crippen LogP contribution is 2.23. The number of benzene rings is 1. The van der Waals surface area contributed by atoms with Gasteiger partial charge in [0.05, 0.1) is 27.7 Å². The van der Waals surface area contributed by atoms with Gasteiger partial charge in [-0.2, -0.15) is 4.98 Å². The molecule has 0 aliphatic rings. The molecule has 21 heavy (non-hydrogen) atoms. The van der Waals surface area contributed by atoms with E-state index >= 15 is 0 Å². The third kappa shape index (κ3) is 3.45. The van der Waals surface area contributed by atoms with E-state index in [9.17, 15) is 19.7 Å². The topological polar surface area (TPSA) is 95.1 Å². The molecule has 0 saturated heterocycles. The van der Waals surface area contributed by atoms with Crippen LogP contribution in [-0.4, -0.2) is 20.3 Å². The zero-order valence-corrected chi connectivity index (χ0v) is 11.8. The van der Waals surface area contributed by atoms with Crippen molar-refractivity contribution in [2.24, 2.45) is 0 Å². The number of rotatable bonds is 4. The summed E-state index contributed by atoms with van der Waals surface area (Å²) in [6, 6.07) is 4.26. The van der Waals surface area contributed by atoms with Crippen LogP contribution in [0.1, 0.15) is 10.4 Å². The molecule has 0 amide bonds. The first-order valence-corrected chi connectivity index (χ1v) is 6.33. The van der Waals surface area contributed by atoms with Crippen molar-refractivity contribution in [2.45, 2.75) is 6.54 Å². The van der Waals surface area contributed by atoms with Crippen molar-refractivity contribution >= 4 is 34.7 Å². The van der Waals surface area contributed by atoms with E-state index in [1.54, 1.807) is 0 Å². The molecule has 0 aliphatic heterocycles. The van der Waals surface area contributed by atoms with Gasteiger partial charge in [-0.15, -0.1) is 0 Å². The van der Waals surface area contributed by atoms with E-state index in [4.69, 9.17) is 23.2 Å². The van der Waals surface area contributed by atoms with E-state index in [2.05, 4.69) is 4.98 Å². The molecule has 7 nitrogen and oxygen atoms in total. The molecule has 0 bridgehead atoms. The molecular formula is C12H7Cl2N3O4. The molecular weight excluding hydrogens is 321 g/mol. The van der Waals surface area contributed by atoms with E-state index in [-0.39, 0.29) is 22.8 Å². The second-order valence-electron chi connectivity index (χ2n) is 4.03. The lowest BCUT2D eigenvalue weighted by Crippen LogP contribution is -2.26. The Kier molecular flexibility index (Phi) is 4.35. The molecule has 1 heterocycles. The number of nitro groups is 1. The fourth-order valence-electron chi connectivity index (χ4n) is 1.57. The molecule has 9 heteroatoms. The third-order valence-electron chi connectivity index (χ3n) is 2.61. The first kappa shape index (κ1) is 15.1. The highest BCUT2D eigenvalue weighted by molar-refractivity contribution is 6.42. The molecule has 0 spiro atoms. The van der Waals surface area contributed by atoms with Gasteiger partial charge in [-0.25, -0.2) is 4.79 Å². The fraction of sp³-hybridized carbons (Fsp3) is 0.0833. The van der Waals surface area contributed by atoms with Gasteiger partial charge in [0.25, 0.3) is 0 Å². The van der Waals surface area contributed by atoms with Gasteiger partial charge in [-0.1, -0.05) is 23.2 Å². The third-order valence-corrected chi connectivity index (χ3v) is 3.35. The average Bonchev–Trinajstić information content (AvgIpc) is 2.43.